The van der Waals surface area contributed by atoms with Crippen LogP contribution in [0.2, 0.25) is 0 Å². The Hall–Kier alpha value is -2.47. The van der Waals surface area contributed by atoms with Crippen LogP contribution in [0.15, 0.2) is 48.5 Å². The number of ether oxygens (including phenoxy) is 2. The van der Waals surface area contributed by atoms with E-state index in [-0.39, 0.29) is 18.1 Å². The van der Waals surface area contributed by atoms with Gasteiger partial charge in [0.2, 0.25) is 5.91 Å². The summed E-state index contributed by atoms with van der Waals surface area (Å²) in [6, 6.07) is 13.3. The molecule has 0 atom stereocenters. The first-order valence-electron chi connectivity index (χ1n) is 6.98. The Balaban J connectivity index is 1.92. The molecule has 1 amide bonds. The summed E-state index contributed by atoms with van der Waals surface area (Å²) < 4.78 is 33.4. The Morgan fingerprint density at radius 3 is 2.52 bits per heavy atom. The molecule has 0 radical (unpaired) electrons. The molecular formula is C17H17F2NO3. The summed E-state index contributed by atoms with van der Waals surface area (Å²) in [6.45, 7) is -2.39. The third-order valence-electron chi connectivity index (χ3n) is 3.03. The highest BCUT2D eigenvalue weighted by Crippen LogP contribution is 2.16. The molecule has 122 valence electrons. The zero-order valence-corrected chi connectivity index (χ0v) is 12.6. The molecule has 2 rings (SSSR count). The van der Waals surface area contributed by atoms with Crippen LogP contribution in [0.25, 0.3) is 0 Å². The first-order chi connectivity index (χ1) is 11.1. The highest BCUT2D eigenvalue weighted by molar-refractivity contribution is 5.92. The molecule has 0 bridgehead atoms. The van der Waals surface area contributed by atoms with Gasteiger partial charge in [0.05, 0.1) is 13.0 Å². The van der Waals surface area contributed by atoms with Crippen molar-refractivity contribution < 1.29 is 23.0 Å². The molecule has 2 aromatic carbocycles. The van der Waals surface area contributed by atoms with Gasteiger partial charge in [0.15, 0.2) is 0 Å². The Labute approximate surface area is 133 Å². The van der Waals surface area contributed by atoms with Crippen LogP contribution in [0.1, 0.15) is 11.1 Å². The van der Waals surface area contributed by atoms with E-state index in [0.717, 1.165) is 5.56 Å². The smallest absolute Gasteiger partial charge is 0.387 e. The first-order valence-corrected chi connectivity index (χ1v) is 6.98. The van der Waals surface area contributed by atoms with Crippen LogP contribution < -0.4 is 10.1 Å². The zero-order valence-electron chi connectivity index (χ0n) is 12.6. The summed E-state index contributed by atoms with van der Waals surface area (Å²) in [6.07, 6.45) is 0.142. The van der Waals surface area contributed by atoms with Crippen molar-refractivity contribution in [2.45, 2.75) is 19.6 Å². The number of rotatable bonds is 7. The molecule has 0 saturated carbocycles. The third-order valence-corrected chi connectivity index (χ3v) is 3.03. The Morgan fingerprint density at radius 1 is 1.13 bits per heavy atom. The maximum atomic E-state index is 12.1. The predicted octanol–water partition coefficient (Wildman–Crippen LogP) is 3.62. The average Bonchev–Trinajstić information content (AvgIpc) is 2.49. The summed E-state index contributed by atoms with van der Waals surface area (Å²) >= 11 is 0. The summed E-state index contributed by atoms with van der Waals surface area (Å²) in [5, 5.41) is 2.79. The standard InChI is InChI=1S/C17H17F2NO3/c1-22-11-13-3-2-4-14(9-13)20-16(21)10-12-5-7-15(8-6-12)23-17(18)19/h2-9,17H,10-11H2,1H3,(H,20,21). The molecule has 0 aliphatic carbocycles. The van der Waals surface area contributed by atoms with Gasteiger partial charge in [0.1, 0.15) is 5.75 Å². The summed E-state index contributed by atoms with van der Waals surface area (Å²) in [5.41, 5.74) is 2.35. The lowest BCUT2D eigenvalue weighted by Gasteiger charge is -2.08. The highest BCUT2D eigenvalue weighted by Gasteiger charge is 2.07. The molecule has 6 heteroatoms. The van der Waals surface area contributed by atoms with E-state index in [0.29, 0.717) is 17.9 Å². The van der Waals surface area contributed by atoms with Gasteiger partial charge in [-0.05, 0) is 35.4 Å². The van der Waals surface area contributed by atoms with Crippen molar-refractivity contribution in [2.75, 3.05) is 12.4 Å². The van der Waals surface area contributed by atoms with Gasteiger partial charge >= 0.3 is 6.61 Å². The second-order valence-corrected chi connectivity index (χ2v) is 4.88. The third kappa shape index (κ3) is 5.67. The van der Waals surface area contributed by atoms with E-state index in [1.54, 1.807) is 25.3 Å². The second kappa shape index (κ2) is 8.24. The molecular weight excluding hydrogens is 304 g/mol. The molecule has 0 fully saturated rings. The lowest BCUT2D eigenvalue weighted by Crippen LogP contribution is -2.14. The number of halogens is 2. The van der Waals surface area contributed by atoms with Gasteiger partial charge in [-0.3, -0.25) is 4.79 Å². The Kier molecular flexibility index (Phi) is 6.05. The number of hydrogen-bond donors (Lipinski definition) is 1. The fraction of sp³-hybridized carbons (Fsp3) is 0.235. The van der Waals surface area contributed by atoms with Crippen molar-refractivity contribution in [2.24, 2.45) is 0 Å². The van der Waals surface area contributed by atoms with Crippen molar-refractivity contribution in [3.63, 3.8) is 0 Å². The van der Waals surface area contributed by atoms with Gasteiger partial charge in [-0.1, -0.05) is 24.3 Å². The molecule has 23 heavy (non-hydrogen) atoms. The van der Waals surface area contributed by atoms with Crippen molar-refractivity contribution in [3.05, 3.63) is 59.7 Å². The number of nitrogens with one attached hydrogen (secondary N) is 1. The molecule has 4 nitrogen and oxygen atoms in total. The topological polar surface area (TPSA) is 47.6 Å². The Morgan fingerprint density at radius 2 is 1.87 bits per heavy atom. The molecule has 0 aromatic heterocycles. The number of hydrogen-bond acceptors (Lipinski definition) is 3. The Bertz CT molecular complexity index is 645. The van der Waals surface area contributed by atoms with Gasteiger partial charge in [-0.25, -0.2) is 0 Å². The van der Waals surface area contributed by atoms with Crippen LogP contribution in [-0.2, 0) is 22.6 Å². The van der Waals surface area contributed by atoms with Crippen LogP contribution in [0.5, 0.6) is 5.75 Å². The normalized spacial score (nSPS) is 10.6. The number of benzene rings is 2. The van der Waals surface area contributed by atoms with Crippen LogP contribution in [0.3, 0.4) is 0 Å². The summed E-state index contributed by atoms with van der Waals surface area (Å²) in [5.74, 6) is -0.126. The minimum atomic E-state index is -2.86. The van der Waals surface area contributed by atoms with Crippen LogP contribution in [-0.4, -0.2) is 19.6 Å². The number of alkyl halides is 2. The number of anilines is 1. The van der Waals surface area contributed by atoms with Crippen LogP contribution in [0, 0.1) is 0 Å². The monoisotopic (exact) mass is 321 g/mol. The van der Waals surface area contributed by atoms with Crippen LogP contribution >= 0.6 is 0 Å². The fourth-order valence-corrected chi connectivity index (χ4v) is 2.08. The van der Waals surface area contributed by atoms with Crippen LogP contribution in [0.4, 0.5) is 14.5 Å². The van der Waals surface area contributed by atoms with Gasteiger partial charge in [-0.2, -0.15) is 8.78 Å². The molecule has 0 heterocycles. The van der Waals surface area contributed by atoms with Crippen molar-refractivity contribution in [3.8, 4) is 5.75 Å². The number of amides is 1. The first kappa shape index (κ1) is 16.9. The number of methoxy groups -OCH3 is 1. The quantitative estimate of drug-likeness (QED) is 0.847. The van der Waals surface area contributed by atoms with Gasteiger partial charge in [-0.15, -0.1) is 0 Å². The summed E-state index contributed by atoms with van der Waals surface area (Å²) in [4.78, 5) is 12.0. The van der Waals surface area contributed by atoms with Crippen molar-refractivity contribution in [1.29, 1.82) is 0 Å². The fourth-order valence-electron chi connectivity index (χ4n) is 2.08. The highest BCUT2D eigenvalue weighted by atomic mass is 19.3. The SMILES string of the molecule is COCc1cccc(NC(=O)Cc2ccc(OC(F)F)cc2)c1. The molecule has 2 aromatic rings. The molecule has 1 N–H and O–H groups in total. The van der Waals surface area contributed by atoms with E-state index < -0.39 is 6.61 Å². The van der Waals surface area contributed by atoms with E-state index in [1.165, 1.54) is 12.1 Å². The lowest BCUT2D eigenvalue weighted by atomic mass is 10.1. The van der Waals surface area contributed by atoms with Crippen molar-refractivity contribution >= 4 is 11.6 Å². The van der Waals surface area contributed by atoms with E-state index in [1.807, 2.05) is 18.2 Å². The molecule has 0 aliphatic rings. The van der Waals surface area contributed by atoms with E-state index in [4.69, 9.17) is 4.74 Å². The number of carbonyl (C=O) groups excluding carboxylic acids is 1. The number of carbonyl (C=O) groups is 1. The summed E-state index contributed by atoms with van der Waals surface area (Å²) in [7, 11) is 1.60. The molecule has 0 saturated heterocycles. The van der Waals surface area contributed by atoms with Gasteiger partial charge in [0.25, 0.3) is 0 Å². The minimum absolute atomic E-state index is 0.0661. The average molecular weight is 321 g/mol. The predicted molar refractivity (Wildman–Crippen MR) is 82.6 cm³/mol. The molecule has 0 aliphatic heterocycles. The van der Waals surface area contributed by atoms with Gasteiger partial charge in [0, 0.05) is 12.8 Å². The maximum Gasteiger partial charge on any atom is 0.387 e. The van der Waals surface area contributed by atoms with E-state index >= 15 is 0 Å². The molecule has 0 unspecified atom stereocenters. The maximum absolute atomic E-state index is 12.1. The van der Waals surface area contributed by atoms with Gasteiger partial charge < -0.3 is 14.8 Å². The largest absolute Gasteiger partial charge is 0.435 e. The van der Waals surface area contributed by atoms with E-state index in [2.05, 4.69) is 10.1 Å². The van der Waals surface area contributed by atoms with Crippen molar-refractivity contribution in [1.82, 2.24) is 0 Å². The minimum Gasteiger partial charge on any atom is -0.435 e. The second-order valence-electron chi connectivity index (χ2n) is 4.88. The molecule has 0 spiro atoms. The lowest BCUT2D eigenvalue weighted by molar-refractivity contribution is -0.115. The zero-order chi connectivity index (χ0) is 16.7. The van der Waals surface area contributed by atoms with E-state index in [9.17, 15) is 13.6 Å².